The SMILES string of the molecule is CNCc1ccc(Cl)c(S(=O)(=O)Nc2nc(C)c(C)s2)c1. The lowest BCUT2D eigenvalue weighted by Gasteiger charge is -2.09. The second kappa shape index (κ2) is 6.31. The van der Waals surface area contributed by atoms with Crippen molar-refractivity contribution in [3.8, 4) is 0 Å². The Morgan fingerprint density at radius 1 is 1.33 bits per heavy atom. The van der Waals surface area contributed by atoms with Crippen molar-refractivity contribution in [2.24, 2.45) is 0 Å². The maximum absolute atomic E-state index is 12.5. The van der Waals surface area contributed by atoms with Crippen molar-refractivity contribution in [3.05, 3.63) is 39.4 Å². The van der Waals surface area contributed by atoms with Gasteiger partial charge in [0.1, 0.15) is 4.90 Å². The summed E-state index contributed by atoms with van der Waals surface area (Å²) in [6.45, 7) is 4.30. The normalized spacial score (nSPS) is 11.6. The second-order valence-electron chi connectivity index (χ2n) is 4.56. The van der Waals surface area contributed by atoms with Crippen LogP contribution in [0.2, 0.25) is 5.02 Å². The minimum absolute atomic E-state index is 0.0578. The Bertz CT molecular complexity index is 737. The van der Waals surface area contributed by atoms with Crippen molar-refractivity contribution in [1.82, 2.24) is 10.3 Å². The fraction of sp³-hybridized carbons (Fsp3) is 0.308. The number of sulfonamides is 1. The van der Waals surface area contributed by atoms with Crippen LogP contribution in [0.4, 0.5) is 5.13 Å². The van der Waals surface area contributed by atoms with Crippen LogP contribution in [0.3, 0.4) is 0 Å². The monoisotopic (exact) mass is 345 g/mol. The van der Waals surface area contributed by atoms with Gasteiger partial charge in [0.25, 0.3) is 10.0 Å². The summed E-state index contributed by atoms with van der Waals surface area (Å²) in [4.78, 5) is 5.21. The van der Waals surface area contributed by atoms with Gasteiger partial charge < -0.3 is 5.32 Å². The van der Waals surface area contributed by atoms with Crippen molar-refractivity contribution in [1.29, 1.82) is 0 Å². The van der Waals surface area contributed by atoms with Crippen LogP contribution in [0, 0.1) is 13.8 Å². The Kier molecular flexibility index (Phi) is 4.88. The number of rotatable bonds is 5. The van der Waals surface area contributed by atoms with Gasteiger partial charge in [0.15, 0.2) is 5.13 Å². The minimum Gasteiger partial charge on any atom is -0.316 e. The van der Waals surface area contributed by atoms with E-state index in [1.165, 1.54) is 11.3 Å². The van der Waals surface area contributed by atoms with E-state index < -0.39 is 10.0 Å². The van der Waals surface area contributed by atoms with Gasteiger partial charge in [-0.05, 0) is 38.6 Å². The van der Waals surface area contributed by atoms with E-state index in [0.717, 1.165) is 16.1 Å². The zero-order chi connectivity index (χ0) is 15.6. The predicted octanol–water partition coefficient (Wildman–Crippen LogP) is 2.93. The van der Waals surface area contributed by atoms with Crippen LogP contribution >= 0.6 is 22.9 Å². The Hall–Kier alpha value is -1.15. The van der Waals surface area contributed by atoms with E-state index in [2.05, 4.69) is 15.0 Å². The van der Waals surface area contributed by atoms with E-state index in [4.69, 9.17) is 11.6 Å². The number of anilines is 1. The first-order chi connectivity index (χ1) is 9.83. The molecule has 8 heteroatoms. The van der Waals surface area contributed by atoms with Crippen molar-refractivity contribution < 1.29 is 8.42 Å². The molecule has 0 aliphatic rings. The topological polar surface area (TPSA) is 71.1 Å². The third-order valence-electron chi connectivity index (χ3n) is 2.92. The molecule has 0 atom stereocenters. The summed E-state index contributed by atoms with van der Waals surface area (Å²) in [5.41, 5.74) is 1.65. The quantitative estimate of drug-likeness (QED) is 0.874. The molecule has 1 aromatic carbocycles. The molecular weight excluding hydrogens is 330 g/mol. The lowest BCUT2D eigenvalue weighted by atomic mass is 10.2. The van der Waals surface area contributed by atoms with Gasteiger partial charge in [0.05, 0.1) is 10.7 Å². The van der Waals surface area contributed by atoms with Crippen LogP contribution in [0.25, 0.3) is 0 Å². The maximum atomic E-state index is 12.5. The van der Waals surface area contributed by atoms with Crippen LogP contribution in [-0.2, 0) is 16.6 Å². The largest absolute Gasteiger partial charge is 0.316 e. The molecule has 0 fully saturated rings. The summed E-state index contributed by atoms with van der Waals surface area (Å²) in [5, 5.41) is 3.51. The van der Waals surface area contributed by atoms with Crippen LogP contribution in [0.1, 0.15) is 16.1 Å². The molecule has 1 aromatic heterocycles. The van der Waals surface area contributed by atoms with Gasteiger partial charge in [0.2, 0.25) is 0 Å². The minimum atomic E-state index is -3.75. The number of hydrogen-bond donors (Lipinski definition) is 2. The fourth-order valence-corrected chi connectivity index (χ4v) is 4.35. The van der Waals surface area contributed by atoms with Crippen LogP contribution < -0.4 is 10.0 Å². The van der Waals surface area contributed by atoms with Crippen molar-refractivity contribution in [2.75, 3.05) is 11.8 Å². The maximum Gasteiger partial charge on any atom is 0.265 e. The van der Waals surface area contributed by atoms with E-state index in [1.54, 1.807) is 25.2 Å². The van der Waals surface area contributed by atoms with Gasteiger partial charge in [0, 0.05) is 11.4 Å². The molecule has 0 aliphatic heterocycles. The molecule has 1 heterocycles. The predicted molar refractivity (Wildman–Crippen MR) is 86.6 cm³/mol. The molecule has 0 radical (unpaired) electrons. The highest BCUT2D eigenvalue weighted by molar-refractivity contribution is 7.93. The summed E-state index contributed by atoms with van der Waals surface area (Å²) < 4.78 is 27.4. The van der Waals surface area contributed by atoms with Gasteiger partial charge in [-0.3, -0.25) is 4.72 Å². The number of nitrogens with zero attached hydrogens (tertiary/aromatic N) is 1. The molecule has 0 aliphatic carbocycles. The summed E-state index contributed by atoms with van der Waals surface area (Å²) in [6.07, 6.45) is 0. The Balaban J connectivity index is 2.36. The average molecular weight is 346 g/mol. The van der Waals surface area contributed by atoms with E-state index in [-0.39, 0.29) is 9.92 Å². The Morgan fingerprint density at radius 3 is 2.62 bits per heavy atom. The number of aryl methyl sites for hydroxylation is 2. The molecule has 0 saturated carbocycles. The van der Waals surface area contributed by atoms with Gasteiger partial charge in [-0.2, -0.15) is 0 Å². The van der Waals surface area contributed by atoms with Crippen LogP contribution in [0.15, 0.2) is 23.1 Å². The van der Waals surface area contributed by atoms with Crippen molar-refractivity contribution in [3.63, 3.8) is 0 Å². The summed E-state index contributed by atoms with van der Waals surface area (Å²) in [5.74, 6) is 0. The molecule has 2 rings (SSSR count). The Morgan fingerprint density at radius 2 is 2.05 bits per heavy atom. The van der Waals surface area contributed by atoms with Crippen LogP contribution in [-0.4, -0.2) is 20.4 Å². The molecule has 0 unspecified atom stereocenters. The van der Waals surface area contributed by atoms with E-state index in [1.807, 2.05) is 13.8 Å². The number of thiazole rings is 1. The number of aromatic nitrogens is 1. The van der Waals surface area contributed by atoms with E-state index in [9.17, 15) is 8.42 Å². The third-order valence-corrected chi connectivity index (χ3v) is 5.85. The molecular formula is C13H16ClN3O2S2. The first-order valence-corrected chi connectivity index (χ1v) is 8.91. The lowest BCUT2D eigenvalue weighted by Crippen LogP contribution is -2.14. The van der Waals surface area contributed by atoms with E-state index >= 15 is 0 Å². The molecule has 21 heavy (non-hydrogen) atoms. The molecule has 0 saturated heterocycles. The van der Waals surface area contributed by atoms with Crippen molar-refractivity contribution >= 4 is 38.1 Å². The highest BCUT2D eigenvalue weighted by Gasteiger charge is 2.20. The summed E-state index contributed by atoms with van der Waals surface area (Å²) >= 11 is 7.33. The molecule has 5 nitrogen and oxygen atoms in total. The number of benzene rings is 1. The molecule has 114 valence electrons. The molecule has 0 amide bonds. The summed E-state index contributed by atoms with van der Waals surface area (Å²) in [6, 6.07) is 4.94. The highest BCUT2D eigenvalue weighted by Crippen LogP contribution is 2.27. The second-order valence-corrected chi connectivity index (χ2v) is 7.82. The zero-order valence-corrected chi connectivity index (χ0v) is 14.3. The highest BCUT2D eigenvalue weighted by atomic mass is 35.5. The molecule has 0 bridgehead atoms. The first kappa shape index (κ1) is 16.2. The van der Waals surface area contributed by atoms with Gasteiger partial charge in [-0.15, -0.1) is 11.3 Å². The number of hydrogen-bond acceptors (Lipinski definition) is 5. The summed E-state index contributed by atoms with van der Waals surface area (Å²) in [7, 11) is -1.96. The number of nitrogens with one attached hydrogen (secondary N) is 2. The van der Waals surface area contributed by atoms with Gasteiger partial charge in [-0.25, -0.2) is 13.4 Å². The van der Waals surface area contributed by atoms with Crippen LogP contribution in [0.5, 0.6) is 0 Å². The molecule has 2 N–H and O–H groups in total. The fourth-order valence-electron chi connectivity index (χ4n) is 1.75. The first-order valence-electron chi connectivity index (χ1n) is 6.23. The average Bonchev–Trinajstić information content (AvgIpc) is 2.70. The molecule has 2 aromatic rings. The zero-order valence-electron chi connectivity index (χ0n) is 11.9. The standard InChI is InChI=1S/C13H16ClN3O2S2/c1-8-9(2)20-13(16-8)17-21(18,19)12-6-10(7-15-3)4-5-11(12)14/h4-6,15H,7H2,1-3H3,(H,16,17). The van der Waals surface area contributed by atoms with Gasteiger partial charge in [-0.1, -0.05) is 17.7 Å². The number of halogens is 1. The molecule has 0 spiro atoms. The lowest BCUT2D eigenvalue weighted by molar-refractivity contribution is 0.601. The van der Waals surface area contributed by atoms with Crippen molar-refractivity contribution in [2.45, 2.75) is 25.3 Å². The van der Waals surface area contributed by atoms with E-state index in [0.29, 0.717) is 11.7 Å². The smallest absolute Gasteiger partial charge is 0.265 e. The third kappa shape index (κ3) is 3.74. The van der Waals surface area contributed by atoms with Gasteiger partial charge >= 0.3 is 0 Å². The Labute approximate surface area is 133 Å².